The maximum Gasteiger partial charge on any atom is 0.253 e. The molecule has 0 aliphatic carbocycles. The molecule has 1 heterocycles. The number of hydrogen-bond acceptors (Lipinski definition) is 4. The molecule has 1 fully saturated rings. The van der Waals surface area contributed by atoms with Gasteiger partial charge in [-0.15, -0.1) is 0 Å². The standard InChI is InChI=1S/C17H24N2O4/c1-3-12-23-13-16(20)18-8-10-19(11-9-18)17(21)14-4-6-15(22-2)7-5-14/h4-7H,3,8-13H2,1-2H3. The van der Waals surface area contributed by atoms with Crippen LogP contribution in [-0.2, 0) is 9.53 Å². The monoisotopic (exact) mass is 320 g/mol. The fraction of sp³-hybridized carbons (Fsp3) is 0.529. The number of hydrogen-bond donors (Lipinski definition) is 0. The summed E-state index contributed by atoms with van der Waals surface area (Å²) in [6.07, 6.45) is 0.900. The van der Waals surface area contributed by atoms with Gasteiger partial charge in [0.25, 0.3) is 5.91 Å². The predicted octanol–water partition coefficient (Wildman–Crippen LogP) is 1.41. The van der Waals surface area contributed by atoms with Gasteiger partial charge in [-0.05, 0) is 30.7 Å². The molecule has 0 bridgehead atoms. The highest BCUT2D eigenvalue weighted by Gasteiger charge is 2.24. The van der Waals surface area contributed by atoms with Crippen molar-refractivity contribution in [1.29, 1.82) is 0 Å². The summed E-state index contributed by atoms with van der Waals surface area (Å²) in [6, 6.07) is 7.07. The Morgan fingerprint density at radius 2 is 1.65 bits per heavy atom. The highest BCUT2D eigenvalue weighted by Crippen LogP contribution is 2.14. The van der Waals surface area contributed by atoms with Gasteiger partial charge in [0.05, 0.1) is 7.11 Å². The second-order valence-electron chi connectivity index (χ2n) is 5.45. The highest BCUT2D eigenvalue weighted by atomic mass is 16.5. The summed E-state index contributed by atoms with van der Waals surface area (Å²) in [5.74, 6) is 0.709. The molecular weight excluding hydrogens is 296 g/mol. The second kappa shape index (κ2) is 8.53. The molecular formula is C17H24N2O4. The summed E-state index contributed by atoms with van der Waals surface area (Å²) < 4.78 is 10.4. The van der Waals surface area contributed by atoms with Gasteiger partial charge in [0.2, 0.25) is 5.91 Å². The van der Waals surface area contributed by atoms with Crippen LogP contribution in [0.25, 0.3) is 0 Å². The van der Waals surface area contributed by atoms with Crippen molar-refractivity contribution < 1.29 is 19.1 Å². The minimum absolute atomic E-state index is 0.00463. The highest BCUT2D eigenvalue weighted by molar-refractivity contribution is 5.94. The SMILES string of the molecule is CCCOCC(=O)N1CCN(C(=O)c2ccc(OC)cc2)CC1. The van der Waals surface area contributed by atoms with E-state index in [0.717, 1.165) is 12.2 Å². The van der Waals surface area contributed by atoms with Crippen molar-refractivity contribution in [2.24, 2.45) is 0 Å². The molecule has 0 N–H and O–H groups in total. The largest absolute Gasteiger partial charge is 0.497 e. The summed E-state index contributed by atoms with van der Waals surface area (Å²) in [7, 11) is 1.59. The molecule has 0 saturated carbocycles. The molecule has 23 heavy (non-hydrogen) atoms. The Morgan fingerprint density at radius 3 is 2.22 bits per heavy atom. The lowest BCUT2D eigenvalue weighted by Gasteiger charge is -2.34. The van der Waals surface area contributed by atoms with Crippen LogP contribution in [0.2, 0.25) is 0 Å². The molecule has 0 aromatic heterocycles. The van der Waals surface area contributed by atoms with Crippen LogP contribution < -0.4 is 4.74 Å². The van der Waals surface area contributed by atoms with E-state index >= 15 is 0 Å². The average molecular weight is 320 g/mol. The van der Waals surface area contributed by atoms with Gasteiger partial charge in [0.1, 0.15) is 12.4 Å². The topological polar surface area (TPSA) is 59.1 Å². The second-order valence-corrected chi connectivity index (χ2v) is 5.45. The Morgan fingerprint density at radius 1 is 1.04 bits per heavy atom. The first-order chi connectivity index (χ1) is 11.2. The van der Waals surface area contributed by atoms with Crippen LogP contribution in [0.3, 0.4) is 0 Å². The normalized spacial score (nSPS) is 14.7. The van der Waals surface area contributed by atoms with E-state index in [0.29, 0.717) is 38.3 Å². The first-order valence-corrected chi connectivity index (χ1v) is 7.94. The van der Waals surface area contributed by atoms with Crippen molar-refractivity contribution in [2.75, 3.05) is 46.5 Å². The Bertz CT molecular complexity index is 522. The molecule has 1 aliphatic rings. The first-order valence-electron chi connectivity index (χ1n) is 7.94. The molecule has 6 nitrogen and oxygen atoms in total. The van der Waals surface area contributed by atoms with Crippen molar-refractivity contribution in [1.82, 2.24) is 9.80 Å². The van der Waals surface area contributed by atoms with Gasteiger partial charge in [-0.2, -0.15) is 0 Å². The van der Waals surface area contributed by atoms with E-state index in [1.807, 2.05) is 6.92 Å². The minimum Gasteiger partial charge on any atom is -0.497 e. The Balaban J connectivity index is 1.83. The first kappa shape index (κ1) is 17.3. The number of benzene rings is 1. The van der Waals surface area contributed by atoms with Crippen LogP contribution in [-0.4, -0.2) is 68.1 Å². The van der Waals surface area contributed by atoms with Crippen LogP contribution in [0.5, 0.6) is 5.75 Å². The van der Waals surface area contributed by atoms with Gasteiger partial charge >= 0.3 is 0 Å². The van der Waals surface area contributed by atoms with Crippen LogP contribution in [0.1, 0.15) is 23.7 Å². The molecule has 1 aliphatic heterocycles. The van der Waals surface area contributed by atoms with E-state index in [9.17, 15) is 9.59 Å². The van der Waals surface area contributed by atoms with Crippen molar-refractivity contribution >= 4 is 11.8 Å². The number of carbonyl (C=O) groups is 2. The zero-order chi connectivity index (χ0) is 16.7. The van der Waals surface area contributed by atoms with Gasteiger partial charge in [0.15, 0.2) is 0 Å². The number of nitrogens with zero attached hydrogens (tertiary/aromatic N) is 2. The lowest BCUT2D eigenvalue weighted by Crippen LogP contribution is -2.51. The number of ether oxygens (including phenoxy) is 2. The summed E-state index contributed by atoms with van der Waals surface area (Å²) in [6.45, 7) is 4.93. The molecule has 0 spiro atoms. The minimum atomic E-state index is -0.0121. The van der Waals surface area contributed by atoms with Crippen LogP contribution in [0.15, 0.2) is 24.3 Å². The summed E-state index contributed by atoms with van der Waals surface area (Å²) >= 11 is 0. The zero-order valence-electron chi connectivity index (χ0n) is 13.8. The summed E-state index contributed by atoms with van der Waals surface area (Å²) in [4.78, 5) is 28.0. The fourth-order valence-corrected chi connectivity index (χ4v) is 2.47. The fourth-order valence-electron chi connectivity index (χ4n) is 2.47. The van der Waals surface area contributed by atoms with E-state index in [4.69, 9.17) is 9.47 Å². The lowest BCUT2D eigenvalue weighted by molar-refractivity contribution is -0.137. The Hall–Kier alpha value is -2.08. The lowest BCUT2D eigenvalue weighted by atomic mass is 10.1. The van der Waals surface area contributed by atoms with Crippen molar-refractivity contribution in [2.45, 2.75) is 13.3 Å². The van der Waals surface area contributed by atoms with Crippen molar-refractivity contribution in [3.8, 4) is 5.75 Å². The molecule has 2 amide bonds. The number of amides is 2. The number of methoxy groups -OCH3 is 1. The van der Waals surface area contributed by atoms with E-state index in [2.05, 4.69) is 0 Å². The molecule has 1 saturated heterocycles. The van der Waals surface area contributed by atoms with E-state index in [1.54, 1.807) is 41.2 Å². The van der Waals surface area contributed by atoms with Crippen LogP contribution >= 0.6 is 0 Å². The average Bonchev–Trinajstić information content (AvgIpc) is 2.61. The number of piperazine rings is 1. The van der Waals surface area contributed by atoms with Crippen LogP contribution in [0, 0.1) is 0 Å². The molecule has 1 aromatic carbocycles. The van der Waals surface area contributed by atoms with Crippen molar-refractivity contribution in [3.63, 3.8) is 0 Å². The van der Waals surface area contributed by atoms with Gasteiger partial charge < -0.3 is 19.3 Å². The molecule has 1 aromatic rings. The Kier molecular flexibility index (Phi) is 6.40. The van der Waals surface area contributed by atoms with Crippen molar-refractivity contribution in [3.05, 3.63) is 29.8 Å². The smallest absolute Gasteiger partial charge is 0.253 e. The summed E-state index contributed by atoms with van der Waals surface area (Å²) in [5.41, 5.74) is 0.636. The maximum absolute atomic E-state index is 12.4. The third-order valence-corrected chi connectivity index (χ3v) is 3.83. The molecule has 126 valence electrons. The summed E-state index contributed by atoms with van der Waals surface area (Å²) in [5, 5.41) is 0. The molecule has 6 heteroatoms. The van der Waals surface area contributed by atoms with E-state index in [1.165, 1.54) is 0 Å². The molecule has 0 atom stereocenters. The number of carbonyl (C=O) groups excluding carboxylic acids is 2. The van der Waals surface area contributed by atoms with Crippen LogP contribution in [0.4, 0.5) is 0 Å². The molecule has 2 rings (SSSR count). The van der Waals surface area contributed by atoms with Gasteiger partial charge in [-0.25, -0.2) is 0 Å². The quantitative estimate of drug-likeness (QED) is 0.744. The van der Waals surface area contributed by atoms with E-state index < -0.39 is 0 Å². The van der Waals surface area contributed by atoms with Gasteiger partial charge in [-0.1, -0.05) is 6.92 Å². The molecule has 0 unspecified atom stereocenters. The molecule has 0 radical (unpaired) electrons. The van der Waals surface area contributed by atoms with Gasteiger partial charge in [-0.3, -0.25) is 9.59 Å². The third-order valence-electron chi connectivity index (χ3n) is 3.83. The number of rotatable bonds is 6. The Labute approximate surface area is 137 Å². The zero-order valence-corrected chi connectivity index (χ0v) is 13.8. The van der Waals surface area contributed by atoms with Gasteiger partial charge in [0, 0.05) is 38.3 Å². The predicted molar refractivity (Wildman–Crippen MR) is 86.6 cm³/mol. The van der Waals surface area contributed by atoms with E-state index in [-0.39, 0.29) is 18.4 Å². The maximum atomic E-state index is 12.4. The third kappa shape index (κ3) is 4.69.